The second-order valence-corrected chi connectivity index (χ2v) is 4.95. The average Bonchev–Trinajstić information content (AvgIpc) is 2.68. The Kier molecular flexibility index (Phi) is 3.49. The van der Waals surface area contributed by atoms with Crippen LogP contribution in [0.4, 0.5) is 0 Å². The maximum absolute atomic E-state index is 12.0. The van der Waals surface area contributed by atoms with Crippen LogP contribution in [-0.2, 0) is 11.2 Å². The number of benzene rings is 1. The van der Waals surface area contributed by atoms with E-state index in [2.05, 4.69) is 0 Å². The highest BCUT2D eigenvalue weighted by atomic mass is 35.5. The van der Waals surface area contributed by atoms with E-state index in [9.17, 15) is 4.79 Å². The highest BCUT2D eigenvalue weighted by Gasteiger charge is 2.24. The second kappa shape index (κ2) is 4.88. The predicted octanol–water partition coefficient (Wildman–Crippen LogP) is 2.38. The van der Waals surface area contributed by atoms with Gasteiger partial charge >= 0.3 is 0 Å². The lowest BCUT2D eigenvalue weighted by atomic mass is 10.1. The number of amides is 1. The van der Waals surface area contributed by atoms with Crippen LogP contribution < -0.4 is 0 Å². The lowest BCUT2D eigenvalue weighted by Crippen LogP contribution is -2.30. The molecule has 1 aromatic carbocycles. The Morgan fingerprint density at radius 2 is 2.25 bits per heavy atom. The van der Waals surface area contributed by atoms with E-state index in [0.29, 0.717) is 13.0 Å². The molecule has 0 aliphatic carbocycles. The van der Waals surface area contributed by atoms with Crippen molar-refractivity contribution >= 4 is 17.5 Å². The van der Waals surface area contributed by atoms with Crippen LogP contribution in [0.1, 0.15) is 17.5 Å². The molecule has 1 fully saturated rings. The summed E-state index contributed by atoms with van der Waals surface area (Å²) in [6.45, 7) is 3.54. The zero-order valence-corrected chi connectivity index (χ0v) is 10.2. The van der Waals surface area contributed by atoms with E-state index in [1.54, 1.807) is 0 Å². The normalized spacial score (nSPS) is 20.1. The number of hydrogen-bond donors (Lipinski definition) is 0. The molecular weight excluding hydrogens is 222 g/mol. The van der Waals surface area contributed by atoms with Crippen LogP contribution in [0.25, 0.3) is 0 Å². The largest absolute Gasteiger partial charge is 0.341 e. The van der Waals surface area contributed by atoms with Gasteiger partial charge in [0.2, 0.25) is 5.91 Å². The molecule has 16 heavy (non-hydrogen) atoms. The molecule has 0 N–H and O–H groups in total. The van der Waals surface area contributed by atoms with E-state index in [-0.39, 0.29) is 11.3 Å². The van der Waals surface area contributed by atoms with Crippen LogP contribution in [0.15, 0.2) is 24.3 Å². The molecule has 1 atom stereocenters. The van der Waals surface area contributed by atoms with Crippen LogP contribution in [0.3, 0.4) is 0 Å². The van der Waals surface area contributed by atoms with Crippen molar-refractivity contribution in [2.45, 2.75) is 25.1 Å². The lowest BCUT2D eigenvalue weighted by Gasteiger charge is -2.16. The van der Waals surface area contributed by atoms with Gasteiger partial charge < -0.3 is 4.90 Å². The maximum Gasteiger partial charge on any atom is 0.227 e. The van der Waals surface area contributed by atoms with Gasteiger partial charge in [0.25, 0.3) is 0 Å². The standard InChI is InChI=1S/C13H16ClNO/c1-10-4-2-3-5-11(10)8-13(16)15-7-6-12(14)9-15/h2-5,12H,6-9H2,1H3. The van der Waals surface area contributed by atoms with Crippen LogP contribution in [0.5, 0.6) is 0 Å². The van der Waals surface area contributed by atoms with Gasteiger partial charge in [0.15, 0.2) is 0 Å². The van der Waals surface area contributed by atoms with Crippen molar-refractivity contribution in [3.63, 3.8) is 0 Å². The van der Waals surface area contributed by atoms with Gasteiger partial charge in [0, 0.05) is 13.1 Å². The van der Waals surface area contributed by atoms with E-state index >= 15 is 0 Å². The van der Waals surface area contributed by atoms with Crippen LogP contribution in [0.2, 0.25) is 0 Å². The first-order chi connectivity index (χ1) is 7.66. The molecule has 0 saturated carbocycles. The molecule has 2 rings (SSSR count). The van der Waals surface area contributed by atoms with Crippen LogP contribution in [-0.4, -0.2) is 29.3 Å². The number of rotatable bonds is 2. The second-order valence-electron chi connectivity index (χ2n) is 4.33. The third-order valence-electron chi connectivity index (χ3n) is 3.09. The summed E-state index contributed by atoms with van der Waals surface area (Å²) in [5.74, 6) is 0.192. The Morgan fingerprint density at radius 1 is 1.50 bits per heavy atom. The Bertz CT molecular complexity index is 391. The number of nitrogens with zero attached hydrogens (tertiary/aromatic N) is 1. The van der Waals surface area contributed by atoms with Gasteiger partial charge in [-0.1, -0.05) is 24.3 Å². The fraction of sp³-hybridized carbons (Fsp3) is 0.462. The smallest absolute Gasteiger partial charge is 0.227 e. The molecule has 86 valence electrons. The minimum atomic E-state index is 0.140. The molecule has 1 aliphatic heterocycles. The van der Waals surface area contributed by atoms with E-state index < -0.39 is 0 Å². The quantitative estimate of drug-likeness (QED) is 0.724. The Hall–Kier alpha value is -1.02. The SMILES string of the molecule is Cc1ccccc1CC(=O)N1CCC(Cl)C1. The molecule has 1 heterocycles. The van der Waals surface area contributed by atoms with E-state index in [1.165, 1.54) is 5.56 Å². The van der Waals surface area contributed by atoms with Crippen LogP contribution >= 0.6 is 11.6 Å². The highest BCUT2D eigenvalue weighted by molar-refractivity contribution is 6.21. The van der Waals surface area contributed by atoms with Gasteiger partial charge in [-0.15, -0.1) is 11.6 Å². The van der Waals surface area contributed by atoms with Gasteiger partial charge in [-0.25, -0.2) is 0 Å². The zero-order valence-electron chi connectivity index (χ0n) is 9.45. The summed E-state index contributed by atoms with van der Waals surface area (Å²) in [6, 6.07) is 8.02. The third-order valence-corrected chi connectivity index (χ3v) is 3.44. The fourth-order valence-corrected chi connectivity index (χ4v) is 2.29. The minimum Gasteiger partial charge on any atom is -0.341 e. The summed E-state index contributed by atoms with van der Waals surface area (Å²) >= 11 is 5.99. The molecule has 1 saturated heterocycles. The molecule has 0 bridgehead atoms. The number of alkyl halides is 1. The van der Waals surface area contributed by atoms with Crippen molar-refractivity contribution in [1.29, 1.82) is 0 Å². The third kappa shape index (κ3) is 2.56. The molecule has 1 unspecified atom stereocenters. The van der Waals surface area contributed by atoms with Gasteiger partial charge in [-0.3, -0.25) is 4.79 Å². The molecule has 1 aromatic rings. The van der Waals surface area contributed by atoms with Crippen molar-refractivity contribution < 1.29 is 4.79 Å². The highest BCUT2D eigenvalue weighted by Crippen LogP contribution is 2.17. The number of likely N-dealkylation sites (tertiary alicyclic amines) is 1. The monoisotopic (exact) mass is 237 g/mol. The molecule has 3 heteroatoms. The topological polar surface area (TPSA) is 20.3 Å². The summed E-state index contributed by atoms with van der Waals surface area (Å²) < 4.78 is 0. The first-order valence-electron chi connectivity index (χ1n) is 5.63. The van der Waals surface area contributed by atoms with Crippen molar-refractivity contribution in [2.24, 2.45) is 0 Å². The molecule has 0 spiro atoms. The van der Waals surface area contributed by atoms with E-state index in [0.717, 1.165) is 18.5 Å². The number of aryl methyl sites for hydroxylation is 1. The van der Waals surface area contributed by atoms with Crippen molar-refractivity contribution in [2.75, 3.05) is 13.1 Å². The lowest BCUT2D eigenvalue weighted by molar-refractivity contribution is -0.129. The van der Waals surface area contributed by atoms with Gasteiger partial charge in [0.1, 0.15) is 0 Å². The number of halogens is 1. The zero-order chi connectivity index (χ0) is 11.5. The van der Waals surface area contributed by atoms with Crippen molar-refractivity contribution in [1.82, 2.24) is 4.90 Å². The predicted molar refractivity (Wildman–Crippen MR) is 65.7 cm³/mol. The summed E-state index contributed by atoms with van der Waals surface area (Å²) in [5.41, 5.74) is 2.29. The van der Waals surface area contributed by atoms with Gasteiger partial charge in [0.05, 0.1) is 11.8 Å². The molecule has 2 nitrogen and oxygen atoms in total. The molecule has 1 aliphatic rings. The first kappa shape index (κ1) is 11.5. The van der Waals surface area contributed by atoms with Gasteiger partial charge in [-0.2, -0.15) is 0 Å². The van der Waals surface area contributed by atoms with Crippen LogP contribution in [0, 0.1) is 6.92 Å². The Balaban J connectivity index is 2.00. The summed E-state index contributed by atoms with van der Waals surface area (Å²) in [7, 11) is 0. The number of carbonyl (C=O) groups is 1. The van der Waals surface area contributed by atoms with E-state index in [4.69, 9.17) is 11.6 Å². The molecule has 0 radical (unpaired) electrons. The molecular formula is C13H16ClNO. The number of carbonyl (C=O) groups excluding carboxylic acids is 1. The van der Waals surface area contributed by atoms with E-state index in [1.807, 2.05) is 36.1 Å². The maximum atomic E-state index is 12.0. The van der Waals surface area contributed by atoms with Crippen molar-refractivity contribution in [3.05, 3.63) is 35.4 Å². The van der Waals surface area contributed by atoms with Crippen molar-refractivity contribution in [3.8, 4) is 0 Å². The fourth-order valence-electron chi connectivity index (χ4n) is 2.03. The molecule has 0 aromatic heterocycles. The minimum absolute atomic E-state index is 0.140. The summed E-state index contributed by atoms with van der Waals surface area (Å²) in [5, 5.41) is 0.140. The molecule has 1 amide bonds. The summed E-state index contributed by atoms with van der Waals surface area (Å²) in [4.78, 5) is 13.8. The average molecular weight is 238 g/mol. The summed E-state index contributed by atoms with van der Waals surface area (Å²) in [6.07, 6.45) is 1.41. The first-order valence-corrected chi connectivity index (χ1v) is 6.07. The Morgan fingerprint density at radius 3 is 2.88 bits per heavy atom. The number of hydrogen-bond acceptors (Lipinski definition) is 1. The Labute approximate surface area is 101 Å². The van der Waals surface area contributed by atoms with Gasteiger partial charge in [-0.05, 0) is 24.5 Å².